The molecule has 0 atom stereocenters. The molecule has 1 saturated carbocycles. The second kappa shape index (κ2) is 5.67. The molecule has 0 heterocycles. The summed E-state index contributed by atoms with van der Waals surface area (Å²) in [6.07, 6.45) is 2.17. The van der Waals surface area contributed by atoms with Crippen LogP contribution in [0.3, 0.4) is 0 Å². The highest BCUT2D eigenvalue weighted by molar-refractivity contribution is 9.10. The van der Waals surface area contributed by atoms with Crippen LogP contribution >= 0.6 is 28.1 Å². The summed E-state index contributed by atoms with van der Waals surface area (Å²) in [5.41, 5.74) is 7.15. The molecule has 0 aromatic heterocycles. The summed E-state index contributed by atoms with van der Waals surface area (Å²) in [6, 6.07) is 5.92. The fourth-order valence-corrected chi connectivity index (χ4v) is 2.10. The third kappa shape index (κ3) is 3.68. The van der Waals surface area contributed by atoms with E-state index in [-0.39, 0.29) is 12.5 Å². The molecule has 1 aromatic rings. The van der Waals surface area contributed by atoms with E-state index in [1.54, 1.807) is 0 Å². The van der Waals surface area contributed by atoms with E-state index in [1.807, 2.05) is 18.2 Å². The molecular weight excluding hydrogens is 314 g/mol. The maximum absolute atomic E-state index is 11.6. The molecule has 0 spiro atoms. The smallest absolute Gasteiger partial charge is 0.239 e. The van der Waals surface area contributed by atoms with E-state index in [4.69, 9.17) is 18.0 Å². The van der Waals surface area contributed by atoms with E-state index in [0.717, 1.165) is 28.6 Å². The van der Waals surface area contributed by atoms with Crippen LogP contribution in [0.5, 0.6) is 0 Å². The number of benzene rings is 1. The van der Waals surface area contributed by atoms with Crippen molar-refractivity contribution < 1.29 is 4.79 Å². The average molecular weight is 328 g/mol. The molecule has 6 heteroatoms. The van der Waals surface area contributed by atoms with Gasteiger partial charge in [0.1, 0.15) is 4.99 Å². The van der Waals surface area contributed by atoms with Crippen LogP contribution in [0.15, 0.2) is 22.7 Å². The second-order valence-corrected chi connectivity index (χ2v) is 5.60. The highest BCUT2D eigenvalue weighted by atomic mass is 79.9. The third-order valence-corrected chi connectivity index (χ3v) is 3.34. The number of nitrogens with one attached hydrogen (secondary N) is 2. The van der Waals surface area contributed by atoms with Gasteiger partial charge in [-0.05, 0) is 31.0 Å². The molecule has 4 N–H and O–H groups in total. The van der Waals surface area contributed by atoms with Crippen LogP contribution in [-0.4, -0.2) is 23.5 Å². The zero-order valence-corrected chi connectivity index (χ0v) is 12.1. The Labute approximate surface area is 119 Å². The molecule has 0 unspecified atom stereocenters. The lowest BCUT2D eigenvalue weighted by Gasteiger charge is -2.11. The Morgan fingerprint density at radius 1 is 1.50 bits per heavy atom. The molecule has 18 heavy (non-hydrogen) atoms. The second-order valence-electron chi connectivity index (χ2n) is 4.25. The van der Waals surface area contributed by atoms with Gasteiger partial charge in [-0.1, -0.05) is 28.1 Å². The van der Waals surface area contributed by atoms with Crippen molar-refractivity contribution >= 4 is 44.7 Å². The monoisotopic (exact) mass is 327 g/mol. The molecule has 1 aliphatic rings. The molecule has 1 amide bonds. The fraction of sp³-hybridized carbons (Fsp3) is 0.333. The Balaban J connectivity index is 2.00. The molecule has 1 aromatic carbocycles. The van der Waals surface area contributed by atoms with Gasteiger partial charge >= 0.3 is 0 Å². The molecule has 1 aliphatic carbocycles. The molecule has 0 saturated heterocycles. The number of carbonyl (C=O) groups excluding carboxylic acids is 1. The highest BCUT2D eigenvalue weighted by Gasteiger charge is 2.22. The van der Waals surface area contributed by atoms with Crippen LogP contribution in [0.2, 0.25) is 0 Å². The third-order valence-electron chi connectivity index (χ3n) is 2.63. The Morgan fingerprint density at radius 2 is 2.22 bits per heavy atom. The van der Waals surface area contributed by atoms with Gasteiger partial charge in [0.2, 0.25) is 5.91 Å². The lowest BCUT2D eigenvalue weighted by molar-refractivity contribution is -0.119. The van der Waals surface area contributed by atoms with Crippen molar-refractivity contribution in [2.75, 3.05) is 11.9 Å². The molecule has 96 valence electrons. The number of hydrogen-bond acceptors (Lipinski definition) is 3. The van der Waals surface area contributed by atoms with Crippen molar-refractivity contribution in [3.63, 3.8) is 0 Å². The Bertz CT molecular complexity index is 488. The van der Waals surface area contributed by atoms with Gasteiger partial charge in [0, 0.05) is 21.8 Å². The van der Waals surface area contributed by atoms with Gasteiger partial charge in [-0.25, -0.2) is 0 Å². The van der Waals surface area contributed by atoms with E-state index >= 15 is 0 Å². The van der Waals surface area contributed by atoms with Gasteiger partial charge < -0.3 is 16.4 Å². The quantitative estimate of drug-likeness (QED) is 0.721. The van der Waals surface area contributed by atoms with Crippen molar-refractivity contribution in [1.29, 1.82) is 0 Å². The Kier molecular flexibility index (Phi) is 4.19. The molecule has 4 nitrogen and oxygen atoms in total. The molecule has 0 bridgehead atoms. The zero-order valence-electron chi connectivity index (χ0n) is 9.70. The zero-order chi connectivity index (χ0) is 13.1. The number of anilines is 1. The van der Waals surface area contributed by atoms with Crippen molar-refractivity contribution in [2.24, 2.45) is 5.73 Å². The first kappa shape index (κ1) is 13.3. The first-order chi connectivity index (χ1) is 8.56. The van der Waals surface area contributed by atoms with E-state index in [9.17, 15) is 4.79 Å². The maximum Gasteiger partial charge on any atom is 0.239 e. The number of amides is 1. The minimum Gasteiger partial charge on any atom is -0.389 e. The van der Waals surface area contributed by atoms with Crippen LogP contribution in [0.1, 0.15) is 18.4 Å². The van der Waals surface area contributed by atoms with Crippen molar-refractivity contribution in [3.8, 4) is 0 Å². The predicted molar refractivity (Wildman–Crippen MR) is 79.7 cm³/mol. The summed E-state index contributed by atoms with van der Waals surface area (Å²) in [4.78, 5) is 11.9. The van der Waals surface area contributed by atoms with Crippen molar-refractivity contribution in [3.05, 3.63) is 28.2 Å². The highest BCUT2D eigenvalue weighted by Crippen LogP contribution is 2.21. The van der Waals surface area contributed by atoms with Crippen LogP contribution in [0, 0.1) is 0 Å². The first-order valence-electron chi connectivity index (χ1n) is 5.69. The molecule has 1 fully saturated rings. The maximum atomic E-state index is 11.6. The van der Waals surface area contributed by atoms with Crippen LogP contribution < -0.4 is 16.4 Å². The van der Waals surface area contributed by atoms with Crippen LogP contribution in [0.4, 0.5) is 5.69 Å². The van der Waals surface area contributed by atoms with Gasteiger partial charge in [0.15, 0.2) is 0 Å². The largest absolute Gasteiger partial charge is 0.389 e. The Morgan fingerprint density at radius 3 is 2.83 bits per heavy atom. The van der Waals surface area contributed by atoms with E-state index in [2.05, 4.69) is 26.6 Å². The van der Waals surface area contributed by atoms with Crippen LogP contribution in [-0.2, 0) is 4.79 Å². The number of carbonyl (C=O) groups is 1. The molecular formula is C12H14BrN3OS. The van der Waals surface area contributed by atoms with Crippen LogP contribution in [0.25, 0.3) is 0 Å². The lowest BCUT2D eigenvalue weighted by atomic mass is 10.2. The minimum absolute atomic E-state index is 0.00800. The van der Waals surface area contributed by atoms with Gasteiger partial charge in [0.05, 0.1) is 6.54 Å². The Hall–Kier alpha value is -1.14. The summed E-state index contributed by atoms with van der Waals surface area (Å²) < 4.78 is 0.910. The molecule has 0 aliphatic heterocycles. The minimum atomic E-state index is -0.00800. The fourth-order valence-electron chi connectivity index (χ4n) is 1.56. The molecule has 2 rings (SSSR count). The number of nitrogens with two attached hydrogens (primary N) is 1. The van der Waals surface area contributed by atoms with Gasteiger partial charge in [-0.2, -0.15) is 0 Å². The lowest BCUT2D eigenvalue weighted by Crippen LogP contribution is -2.31. The predicted octanol–water partition coefficient (Wildman–Crippen LogP) is 1.77. The summed E-state index contributed by atoms with van der Waals surface area (Å²) in [7, 11) is 0. The first-order valence-corrected chi connectivity index (χ1v) is 6.89. The van der Waals surface area contributed by atoms with Gasteiger partial charge in [-0.15, -0.1) is 0 Å². The van der Waals surface area contributed by atoms with Gasteiger partial charge in [-0.3, -0.25) is 4.79 Å². The van der Waals surface area contributed by atoms with E-state index < -0.39 is 0 Å². The van der Waals surface area contributed by atoms with Crippen molar-refractivity contribution in [2.45, 2.75) is 18.9 Å². The summed E-state index contributed by atoms with van der Waals surface area (Å²) in [6.45, 7) is 0.225. The van der Waals surface area contributed by atoms with Crippen molar-refractivity contribution in [1.82, 2.24) is 5.32 Å². The number of halogens is 1. The summed E-state index contributed by atoms with van der Waals surface area (Å²) in [5.74, 6) is -0.00800. The molecule has 0 radical (unpaired) electrons. The number of rotatable bonds is 5. The standard InChI is InChI=1S/C12H14BrN3OS/c13-7-1-4-9(12(14)18)10(5-7)15-6-11(17)16-8-2-3-8/h1,4-5,8,15H,2-3,6H2,(H2,14,18)(H,16,17). The average Bonchev–Trinajstić information content (AvgIpc) is 3.10. The topological polar surface area (TPSA) is 67.1 Å². The van der Waals surface area contributed by atoms with Gasteiger partial charge in [0.25, 0.3) is 0 Å². The van der Waals surface area contributed by atoms with E-state index in [0.29, 0.717) is 11.0 Å². The SMILES string of the molecule is NC(=S)c1ccc(Br)cc1NCC(=O)NC1CC1. The number of thiocarbonyl (C=S) groups is 1. The number of hydrogen-bond donors (Lipinski definition) is 3. The van der Waals surface area contributed by atoms with E-state index in [1.165, 1.54) is 0 Å². The normalized spacial score (nSPS) is 14.1. The summed E-state index contributed by atoms with van der Waals surface area (Å²) >= 11 is 8.35. The summed E-state index contributed by atoms with van der Waals surface area (Å²) in [5, 5.41) is 5.97.